The van der Waals surface area contributed by atoms with Gasteiger partial charge in [0, 0.05) is 25.6 Å². The van der Waals surface area contributed by atoms with Gasteiger partial charge in [-0.2, -0.15) is 4.98 Å². The number of nitrogens with zero attached hydrogens (tertiary/aromatic N) is 3. The molecule has 0 amide bonds. The lowest BCUT2D eigenvalue weighted by Crippen LogP contribution is -2.52. The van der Waals surface area contributed by atoms with Crippen LogP contribution in [0.1, 0.15) is 45.3 Å². The van der Waals surface area contributed by atoms with Crippen molar-refractivity contribution in [3.8, 4) is 0 Å². The normalized spacial score (nSPS) is 23.1. The summed E-state index contributed by atoms with van der Waals surface area (Å²) >= 11 is 0. The number of halogens is 1. The number of piperidine rings is 1. The predicted molar refractivity (Wildman–Crippen MR) is 77.2 cm³/mol. The topological polar surface area (TPSA) is 68.2 Å². The molecule has 0 bridgehead atoms. The summed E-state index contributed by atoms with van der Waals surface area (Å²) in [7, 11) is 0. The second-order valence-electron chi connectivity index (χ2n) is 5.95. The molecule has 1 unspecified atom stereocenters. The number of nitrogens with two attached hydrogens (primary N) is 1. The number of likely N-dealkylation sites (tertiary alicyclic amines) is 1. The number of hydrogen-bond donors (Lipinski definition) is 1. The van der Waals surface area contributed by atoms with Gasteiger partial charge in [0.25, 0.3) is 0 Å². The van der Waals surface area contributed by atoms with Gasteiger partial charge in [0.05, 0.1) is 6.54 Å². The van der Waals surface area contributed by atoms with E-state index < -0.39 is 0 Å². The Morgan fingerprint density at radius 2 is 2.21 bits per heavy atom. The van der Waals surface area contributed by atoms with Crippen molar-refractivity contribution in [2.45, 2.75) is 52.6 Å². The van der Waals surface area contributed by atoms with Crippen LogP contribution in [-0.2, 0) is 13.0 Å². The van der Waals surface area contributed by atoms with Crippen molar-refractivity contribution < 1.29 is 4.52 Å². The Kier molecular flexibility index (Phi) is 5.77. The third kappa shape index (κ3) is 4.16. The number of aryl methyl sites for hydroxylation is 1. The van der Waals surface area contributed by atoms with Crippen LogP contribution in [-0.4, -0.2) is 34.2 Å². The van der Waals surface area contributed by atoms with Crippen LogP contribution >= 0.6 is 12.4 Å². The summed E-state index contributed by atoms with van der Waals surface area (Å²) in [6.07, 6.45) is 2.97. The second-order valence-corrected chi connectivity index (χ2v) is 5.95. The van der Waals surface area contributed by atoms with Gasteiger partial charge < -0.3 is 10.3 Å². The third-order valence-electron chi connectivity index (χ3n) is 3.73. The smallest absolute Gasteiger partial charge is 0.240 e. The molecule has 2 heterocycles. The summed E-state index contributed by atoms with van der Waals surface area (Å²) < 4.78 is 5.28. The minimum Gasteiger partial charge on any atom is -0.338 e. The molecule has 0 spiro atoms. The molecule has 0 aromatic carbocycles. The molecule has 2 rings (SSSR count). The Bertz CT molecular complexity index is 394. The SMILES string of the molecule is CCCc1noc(CN2CCC(N)C(C)(C)C2)n1.Cl. The molecule has 0 radical (unpaired) electrons. The molecule has 19 heavy (non-hydrogen) atoms. The van der Waals surface area contributed by atoms with Gasteiger partial charge in [-0.15, -0.1) is 12.4 Å². The van der Waals surface area contributed by atoms with Gasteiger partial charge >= 0.3 is 0 Å². The van der Waals surface area contributed by atoms with Crippen molar-refractivity contribution in [1.29, 1.82) is 0 Å². The summed E-state index contributed by atoms with van der Waals surface area (Å²) in [4.78, 5) is 6.76. The van der Waals surface area contributed by atoms with Gasteiger partial charge in [-0.3, -0.25) is 4.90 Å². The summed E-state index contributed by atoms with van der Waals surface area (Å²) in [5, 5.41) is 3.99. The largest absolute Gasteiger partial charge is 0.338 e. The maximum atomic E-state index is 6.13. The molecule has 1 saturated heterocycles. The molecule has 1 aliphatic heterocycles. The monoisotopic (exact) mass is 288 g/mol. The fourth-order valence-electron chi connectivity index (χ4n) is 2.49. The maximum Gasteiger partial charge on any atom is 0.240 e. The fraction of sp³-hybridized carbons (Fsp3) is 0.846. The average molecular weight is 289 g/mol. The van der Waals surface area contributed by atoms with Crippen LogP contribution in [0.25, 0.3) is 0 Å². The Labute approximate surface area is 121 Å². The van der Waals surface area contributed by atoms with E-state index in [-0.39, 0.29) is 23.9 Å². The first-order valence-corrected chi connectivity index (χ1v) is 6.80. The van der Waals surface area contributed by atoms with E-state index in [4.69, 9.17) is 10.3 Å². The molecular formula is C13H25ClN4O. The first-order chi connectivity index (χ1) is 8.51. The van der Waals surface area contributed by atoms with Crippen molar-refractivity contribution in [2.24, 2.45) is 11.1 Å². The molecule has 1 aromatic heterocycles. The van der Waals surface area contributed by atoms with Crippen molar-refractivity contribution in [3.63, 3.8) is 0 Å². The van der Waals surface area contributed by atoms with Gasteiger partial charge in [0.1, 0.15) is 0 Å². The zero-order chi connectivity index (χ0) is 13.2. The minimum absolute atomic E-state index is 0. The number of rotatable bonds is 4. The molecule has 0 saturated carbocycles. The molecule has 110 valence electrons. The highest BCUT2D eigenvalue weighted by atomic mass is 35.5. The van der Waals surface area contributed by atoms with Crippen LogP contribution < -0.4 is 5.73 Å². The third-order valence-corrected chi connectivity index (χ3v) is 3.73. The van der Waals surface area contributed by atoms with Crippen LogP contribution in [0, 0.1) is 5.41 Å². The molecule has 5 nitrogen and oxygen atoms in total. The number of hydrogen-bond acceptors (Lipinski definition) is 5. The Balaban J connectivity index is 0.00000180. The molecular weight excluding hydrogens is 264 g/mol. The van der Waals surface area contributed by atoms with Crippen LogP contribution in [0.15, 0.2) is 4.52 Å². The van der Waals surface area contributed by atoms with E-state index in [2.05, 4.69) is 35.8 Å². The van der Waals surface area contributed by atoms with Gasteiger partial charge in [-0.05, 0) is 18.3 Å². The van der Waals surface area contributed by atoms with E-state index in [0.717, 1.165) is 50.6 Å². The quantitative estimate of drug-likeness (QED) is 0.918. The van der Waals surface area contributed by atoms with Crippen LogP contribution in [0.5, 0.6) is 0 Å². The first-order valence-electron chi connectivity index (χ1n) is 6.80. The molecule has 1 aromatic rings. The first kappa shape index (κ1) is 16.4. The Morgan fingerprint density at radius 3 is 2.84 bits per heavy atom. The fourth-order valence-corrected chi connectivity index (χ4v) is 2.49. The average Bonchev–Trinajstić information content (AvgIpc) is 2.71. The lowest BCUT2D eigenvalue weighted by Gasteiger charge is -2.42. The predicted octanol–water partition coefficient (Wildman–Crippen LogP) is 2.00. The van der Waals surface area contributed by atoms with E-state index in [0.29, 0.717) is 0 Å². The number of aromatic nitrogens is 2. The lowest BCUT2D eigenvalue weighted by atomic mass is 9.80. The van der Waals surface area contributed by atoms with Gasteiger partial charge in [-0.1, -0.05) is 25.9 Å². The van der Waals surface area contributed by atoms with Crippen LogP contribution in [0.2, 0.25) is 0 Å². The van der Waals surface area contributed by atoms with Crippen molar-refractivity contribution in [3.05, 3.63) is 11.7 Å². The van der Waals surface area contributed by atoms with Crippen molar-refractivity contribution in [2.75, 3.05) is 13.1 Å². The van der Waals surface area contributed by atoms with E-state index >= 15 is 0 Å². The molecule has 1 atom stereocenters. The highest BCUT2D eigenvalue weighted by Gasteiger charge is 2.33. The van der Waals surface area contributed by atoms with Gasteiger partial charge in [0.15, 0.2) is 5.82 Å². The summed E-state index contributed by atoms with van der Waals surface area (Å²) in [5.74, 6) is 1.55. The zero-order valence-electron chi connectivity index (χ0n) is 12.1. The zero-order valence-corrected chi connectivity index (χ0v) is 12.9. The molecule has 1 fully saturated rings. The lowest BCUT2D eigenvalue weighted by molar-refractivity contribution is 0.0811. The highest BCUT2D eigenvalue weighted by molar-refractivity contribution is 5.85. The van der Waals surface area contributed by atoms with E-state index in [1.54, 1.807) is 0 Å². The summed E-state index contributed by atoms with van der Waals surface area (Å²) in [5.41, 5.74) is 6.29. The van der Waals surface area contributed by atoms with E-state index in [1.807, 2.05) is 0 Å². The minimum atomic E-state index is 0. The maximum absolute atomic E-state index is 6.13. The molecule has 6 heteroatoms. The van der Waals surface area contributed by atoms with E-state index in [1.165, 1.54) is 0 Å². The Hall–Kier alpha value is -0.650. The van der Waals surface area contributed by atoms with Crippen LogP contribution in [0.3, 0.4) is 0 Å². The molecule has 1 aliphatic rings. The molecule has 0 aliphatic carbocycles. The van der Waals surface area contributed by atoms with Crippen molar-refractivity contribution >= 4 is 12.4 Å². The Morgan fingerprint density at radius 1 is 1.47 bits per heavy atom. The van der Waals surface area contributed by atoms with Gasteiger partial charge in [0.2, 0.25) is 5.89 Å². The van der Waals surface area contributed by atoms with Crippen molar-refractivity contribution in [1.82, 2.24) is 15.0 Å². The summed E-state index contributed by atoms with van der Waals surface area (Å²) in [6, 6.07) is 0.284. The second kappa shape index (κ2) is 6.68. The van der Waals surface area contributed by atoms with E-state index in [9.17, 15) is 0 Å². The molecule has 2 N–H and O–H groups in total. The highest BCUT2D eigenvalue weighted by Crippen LogP contribution is 2.28. The van der Waals surface area contributed by atoms with Gasteiger partial charge in [-0.25, -0.2) is 0 Å². The standard InChI is InChI=1S/C13H24N4O.ClH/c1-4-5-11-15-12(18-16-11)8-17-7-6-10(14)13(2,3)9-17;/h10H,4-9,14H2,1-3H3;1H. The van der Waals surface area contributed by atoms with Crippen LogP contribution in [0.4, 0.5) is 0 Å². The summed E-state index contributed by atoms with van der Waals surface area (Å²) in [6.45, 7) is 9.30.